The van der Waals surface area contributed by atoms with E-state index in [1.54, 1.807) is 19.2 Å². The maximum Gasteiger partial charge on any atom is 0.189 e. The van der Waals surface area contributed by atoms with Crippen LogP contribution in [0.3, 0.4) is 0 Å². The Bertz CT molecular complexity index is 731. The molecule has 0 aliphatic rings. The van der Waals surface area contributed by atoms with Crippen molar-refractivity contribution in [3.8, 4) is 5.75 Å². The molecule has 0 amide bonds. The molecule has 0 fully saturated rings. The number of ketones is 1. The van der Waals surface area contributed by atoms with Crippen LogP contribution in [0.25, 0.3) is 16.5 Å². The van der Waals surface area contributed by atoms with Crippen LogP contribution in [0.15, 0.2) is 65.3 Å². The fraction of sp³-hybridized carbons (Fsp3) is 0.167. The summed E-state index contributed by atoms with van der Waals surface area (Å²) in [6, 6.07) is 16.5. The molecule has 2 aromatic carbocycles. The molecule has 5 nitrogen and oxygen atoms in total. The molecule has 0 heterocycles. The van der Waals surface area contributed by atoms with Crippen LogP contribution in [0.5, 0.6) is 5.75 Å². The van der Waals surface area contributed by atoms with Gasteiger partial charge in [0, 0.05) is 22.6 Å². The van der Waals surface area contributed by atoms with Gasteiger partial charge in [0.2, 0.25) is 0 Å². The summed E-state index contributed by atoms with van der Waals surface area (Å²) in [7, 11) is 1.61. The summed E-state index contributed by atoms with van der Waals surface area (Å²) < 4.78 is 5.13. The molecule has 0 aromatic heterocycles. The lowest BCUT2D eigenvalue weighted by Crippen LogP contribution is -2.04. The van der Waals surface area contributed by atoms with Crippen molar-refractivity contribution in [3.63, 3.8) is 0 Å². The standard InChI is InChI=1S/C18H17N3O2/c1-23-17-9-7-14(8-10-17)13-16(11-12-20-21-19)18(22)15-5-3-2-4-6-15/h2-10,13H,11-12H2,1H3/b16-13+. The van der Waals surface area contributed by atoms with Crippen LogP contribution >= 0.6 is 0 Å². The molecule has 5 heteroatoms. The van der Waals surface area contributed by atoms with Gasteiger partial charge in [-0.05, 0) is 35.7 Å². The van der Waals surface area contributed by atoms with Crippen LogP contribution in [-0.4, -0.2) is 19.4 Å². The van der Waals surface area contributed by atoms with Crippen LogP contribution in [0.4, 0.5) is 0 Å². The highest BCUT2D eigenvalue weighted by Gasteiger charge is 2.11. The number of nitrogens with zero attached hydrogens (tertiary/aromatic N) is 3. The van der Waals surface area contributed by atoms with Gasteiger partial charge in [0.1, 0.15) is 5.75 Å². The van der Waals surface area contributed by atoms with E-state index in [1.807, 2.05) is 48.5 Å². The molecule has 2 rings (SSSR count). The zero-order valence-corrected chi connectivity index (χ0v) is 12.8. The lowest BCUT2D eigenvalue weighted by molar-refractivity contribution is 0.103. The van der Waals surface area contributed by atoms with Gasteiger partial charge >= 0.3 is 0 Å². The van der Waals surface area contributed by atoms with Gasteiger partial charge < -0.3 is 4.74 Å². The summed E-state index contributed by atoms with van der Waals surface area (Å²) in [5, 5.41) is 3.52. The number of Topliss-reactive ketones (excluding diaryl/α,β-unsaturated/α-hetero) is 1. The van der Waals surface area contributed by atoms with Gasteiger partial charge in [-0.1, -0.05) is 47.6 Å². The highest BCUT2D eigenvalue weighted by molar-refractivity contribution is 6.11. The molecule has 0 spiro atoms. The van der Waals surface area contributed by atoms with Gasteiger partial charge in [-0.3, -0.25) is 4.79 Å². The van der Waals surface area contributed by atoms with Crippen molar-refractivity contribution in [2.45, 2.75) is 6.42 Å². The van der Waals surface area contributed by atoms with Crippen LogP contribution in [-0.2, 0) is 0 Å². The Morgan fingerprint density at radius 2 is 1.87 bits per heavy atom. The first-order chi connectivity index (χ1) is 11.2. The van der Waals surface area contributed by atoms with E-state index in [-0.39, 0.29) is 12.3 Å². The van der Waals surface area contributed by atoms with Gasteiger partial charge in [-0.25, -0.2) is 0 Å². The third-order valence-electron chi connectivity index (χ3n) is 3.33. The molecule has 0 saturated carbocycles. The topological polar surface area (TPSA) is 75.1 Å². The smallest absolute Gasteiger partial charge is 0.189 e. The van der Waals surface area contributed by atoms with Crippen molar-refractivity contribution < 1.29 is 9.53 Å². The van der Waals surface area contributed by atoms with Crippen LogP contribution < -0.4 is 4.74 Å². The van der Waals surface area contributed by atoms with Crippen molar-refractivity contribution >= 4 is 11.9 Å². The Kier molecular flexibility index (Phi) is 5.98. The largest absolute Gasteiger partial charge is 0.497 e. The number of carbonyl (C=O) groups is 1. The molecule has 2 aromatic rings. The lowest BCUT2D eigenvalue weighted by atomic mass is 9.98. The van der Waals surface area contributed by atoms with E-state index in [2.05, 4.69) is 10.0 Å². The monoisotopic (exact) mass is 307 g/mol. The predicted molar refractivity (Wildman–Crippen MR) is 90.4 cm³/mol. The molecular formula is C18H17N3O2. The fourth-order valence-electron chi connectivity index (χ4n) is 2.14. The average Bonchev–Trinajstić information content (AvgIpc) is 2.62. The zero-order valence-electron chi connectivity index (χ0n) is 12.8. The molecule has 0 bridgehead atoms. The average molecular weight is 307 g/mol. The molecule has 0 N–H and O–H groups in total. The summed E-state index contributed by atoms with van der Waals surface area (Å²) in [5.41, 5.74) is 10.5. The number of hydrogen-bond acceptors (Lipinski definition) is 3. The van der Waals surface area contributed by atoms with Crippen LogP contribution in [0, 0.1) is 0 Å². The zero-order chi connectivity index (χ0) is 16.5. The number of azide groups is 1. The second kappa shape index (κ2) is 8.41. The molecule has 116 valence electrons. The van der Waals surface area contributed by atoms with Crippen LogP contribution in [0.2, 0.25) is 0 Å². The van der Waals surface area contributed by atoms with E-state index >= 15 is 0 Å². The highest BCUT2D eigenvalue weighted by Crippen LogP contribution is 2.18. The summed E-state index contributed by atoms with van der Waals surface area (Å²) in [4.78, 5) is 15.4. The van der Waals surface area contributed by atoms with Crippen molar-refractivity contribution in [2.75, 3.05) is 13.7 Å². The van der Waals surface area contributed by atoms with Crippen molar-refractivity contribution in [3.05, 3.63) is 81.7 Å². The molecule has 0 unspecified atom stereocenters. The maximum absolute atomic E-state index is 12.6. The van der Waals surface area contributed by atoms with Gasteiger partial charge in [0.15, 0.2) is 5.78 Å². The van der Waals surface area contributed by atoms with E-state index in [1.165, 1.54) is 0 Å². The SMILES string of the molecule is COc1ccc(/C=C(\CCN=[N+]=[N-])C(=O)c2ccccc2)cc1. The summed E-state index contributed by atoms with van der Waals surface area (Å²) in [5.74, 6) is 0.696. The Morgan fingerprint density at radius 1 is 1.17 bits per heavy atom. The van der Waals surface area contributed by atoms with Gasteiger partial charge in [0.05, 0.1) is 7.11 Å². The molecule has 23 heavy (non-hydrogen) atoms. The maximum atomic E-state index is 12.6. The summed E-state index contributed by atoms with van der Waals surface area (Å²) in [6.07, 6.45) is 2.21. The number of rotatable bonds is 7. The fourth-order valence-corrected chi connectivity index (χ4v) is 2.14. The number of benzene rings is 2. The highest BCUT2D eigenvalue weighted by atomic mass is 16.5. The molecular weight excluding hydrogens is 290 g/mol. The molecule has 0 saturated heterocycles. The summed E-state index contributed by atoms with van der Waals surface area (Å²) >= 11 is 0. The first-order valence-corrected chi connectivity index (χ1v) is 7.20. The van der Waals surface area contributed by atoms with E-state index < -0.39 is 0 Å². The van der Waals surface area contributed by atoms with E-state index in [0.717, 1.165) is 11.3 Å². The Hall–Kier alpha value is -3.04. The van der Waals surface area contributed by atoms with E-state index in [0.29, 0.717) is 17.6 Å². The summed E-state index contributed by atoms with van der Waals surface area (Å²) in [6.45, 7) is 0.247. The molecule has 0 aliphatic heterocycles. The predicted octanol–water partition coefficient (Wildman–Crippen LogP) is 4.66. The minimum absolute atomic E-state index is 0.0606. The quantitative estimate of drug-likeness (QED) is 0.245. The Labute approximate surface area is 134 Å². The number of methoxy groups -OCH3 is 1. The first-order valence-electron chi connectivity index (χ1n) is 7.20. The lowest BCUT2D eigenvalue weighted by Gasteiger charge is -2.06. The van der Waals surface area contributed by atoms with Gasteiger partial charge in [-0.15, -0.1) is 0 Å². The Morgan fingerprint density at radius 3 is 2.48 bits per heavy atom. The third kappa shape index (κ3) is 4.73. The van der Waals surface area contributed by atoms with Crippen molar-refractivity contribution in [1.29, 1.82) is 0 Å². The van der Waals surface area contributed by atoms with E-state index in [4.69, 9.17) is 10.3 Å². The Balaban J connectivity index is 2.30. The normalized spacial score (nSPS) is 10.7. The van der Waals surface area contributed by atoms with Crippen molar-refractivity contribution in [1.82, 2.24) is 0 Å². The number of hydrogen-bond donors (Lipinski definition) is 0. The second-order valence-electron chi connectivity index (χ2n) is 4.84. The third-order valence-corrected chi connectivity index (χ3v) is 3.33. The molecule has 0 aliphatic carbocycles. The molecule has 0 atom stereocenters. The van der Waals surface area contributed by atoms with Gasteiger partial charge in [-0.2, -0.15) is 0 Å². The second-order valence-corrected chi connectivity index (χ2v) is 4.84. The first kappa shape index (κ1) is 16.3. The minimum Gasteiger partial charge on any atom is -0.497 e. The van der Waals surface area contributed by atoms with Gasteiger partial charge in [0.25, 0.3) is 0 Å². The van der Waals surface area contributed by atoms with Crippen LogP contribution in [0.1, 0.15) is 22.3 Å². The minimum atomic E-state index is -0.0606. The number of carbonyl (C=O) groups excluding carboxylic acids is 1. The molecule has 0 radical (unpaired) electrons. The number of ether oxygens (including phenoxy) is 1. The van der Waals surface area contributed by atoms with Crippen molar-refractivity contribution in [2.24, 2.45) is 5.11 Å². The van der Waals surface area contributed by atoms with E-state index in [9.17, 15) is 4.79 Å².